The first-order valence-electron chi connectivity index (χ1n) is 43.2. The van der Waals surface area contributed by atoms with E-state index in [0.717, 1.165) is 214 Å². The predicted octanol–water partition coefficient (Wildman–Crippen LogP) is 12.2. The number of allylic oxidation sites excluding steroid dienone is 2. The number of hydrogen-bond donors (Lipinski definition) is 3. The highest BCUT2D eigenvalue weighted by molar-refractivity contribution is 6.07. The van der Waals surface area contributed by atoms with E-state index < -0.39 is 0 Å². The maximum absolute atomic E-state index is 12.9. The van der Waals surface area contributed by atoms with Gasteiger partial charge >= 0.3 is 0 Å². The summed E-state index contributed by atoms with van der Waals surface area (Å²) in [6.07, 6.45) is 41.3. The number of piperidine rings is 3. The van der Waals surface area contributed by atoms with Crippen molar-refractivity contribution in [2.45, 2.75) is 209 Å². The number of carbonyl (C=O) groups is 3. The van der Waals surface area contributed by atoms with Gasteiger partial charge in [-0.25, -0.2) is 44.4 Å². The number of fused-ring (bicyclic) bond motifs is 11. The first-order valence-corrected chi connectivity index (χ1v) is 43.2. The summed E-state index contributed by atoms with van der Waals surface area (Å²) in [5.41, 5.74) is 11.8. The lowest BCUT2D eigenvalue weighted by Crippen LogP contribution is -2.49. The van der Waals surface area contributed by atoms with Crippen LogP contribution < -0.4 is 30.7 Å². The Labute approximate surface area is 666 Å². The molecule has 0 bridgehead atoms. The molecule has 3 N–H and O–H groups in total. The molecule has 114 heavy (non-hydrogen) atoms. The van der Waals surface area contributed by atoms with Crippen LogP contribution in [0.5, 0.6) is 0 Å². The van der Waals surface area contributed by atoms with E-state index in [1.165, 1.54) is 120 Å². The van der Waals surface area contributed by atoms with Crippen LogP contribution in [-0.2, 0) is 36.4 Å². The number of nitrogens with one attached hydrogen (secondary N) is 3. The summed E-state index contributed by atoms with van der Waals surface area (Å²) in [6.45, 7) is 17.8. The van der Waals surface area contributed by atoms with E-state index in [1.54, 1.807) is 17.0 Å². The lowest BCUT2D eigenvalue weighted by Gasteiger charge is -2.42. The first kappa shape index (κ1) is 75.0. The number of carbonyl (C=O) groups excluding carboxylic acids is 3. The quantitative estimate of drug-likeness (QED) is 0.102. The second-order valence-electron chi connectivity index (χ2n) is 34.4. The highest BCUT2D eigenvalue weighted by atomic mass is 16.5. The van der Waals surface area contributed by atoms with Crippen molar-refractivity contribution in [2.24, 2.45) is 5.41 Å². The zero-order valence-electron chi connectivity index (χ0n) is 66.1. The van der Waals surface area contributed by atoms with Crippen molar-refractivity contribution < 1.29 is 28.6 Å². The van der Waals surface area contributed by atoms with Crippen LogP contribution in [0.2, 0.25) is 0 Å². The van der Waals surface area contributed by atoms with Gasteiger partial charge in [0, 0.05) is 156 Å². The summed E-state index contributed by atoms with van der Waals surface area (Å²) in [5.74, 6) is 4.80. The van der Waals surface area contributed by atoms with Crippen LogP contribution in [0.4, 0.5) is 52.4 Å². The maximum atomic E-state index is 12.9. The molecular formula is C86H110N22O6. The molecule has 0 aromatic carbocycles. The molecule has 15 heterocycles. The Morgan fingerprint density at radius 2 is 0.842 bits per heavy atom. The Hall–Kier alpha value is -9.06. The SMILES string of the molecule is O=C1CCC2(CCCCC2)C2=C1Cc1cnc(Nc3ccc(N4CCC(N5CCOCC5)CC4)cn3)nc12.O=C1CCC2(CCCCC2)c2c1nn1cnc(Nc3ccc(N4CCC(N5CCOCC5)CC4)cn3)nc21.O=C1CCC2(CCCCC2)n2c1nc1cnc(Nc3ccc(N4CCC(N5CCOCC5)CC4)cn3)nc12. The molecule has 28 nitrogen and oxygen atoms in total. The normalized spacial score (nSPS) is 23.1. The van der Waals surface area contributed by atoms with Gasteiger partial charge in [0.25, 0.3) is 0 Å². The van der Waals surface area contributed by atoms with Crippen LogP contribution in [0.1, 0.15) is 211 Å². The average molecular weight is 1550 g/mol. The molecule has 6 saturated heterocycles. The minimum Gasteiger partial charge on any atom is -0.379 e. The van der Waals surface area contributed by atoms with Gasteiger partial charge in [0.15, 0.2) is 34.5 Å². The smallest absolute Gasteiger partial charge is 0.231 e. The van der Waals surface area contributed by atoms with Crippen LogP contribution in [0.3, 0.4) is 0 Å². The van der Waals surface area contributed by atoms with Gasteiger partial charge in [0.05, 0.1) is 87.2 Å². The third kappa shape index (κ3) is 15.4. The molecule has 7 aliphatic heterocycles. The summed E-state index contributed by atoms with van der Waals surface area (Å²) in [4.78, 5) is 100. The van der Waals surface area contributed by atoms with Crippen molar-refractivity contribution in [3.63, 3.8) is 0 Å². The fourth-order valence-electron chi connectivity index (χ4n) is 21.7. The number of morpholine rings is 3. The second kappa shape index (κ2) is 32.9. The lowest BCUT2D eigenvalue weighted by molar-refractivity contribution is -0.116. The standard InChI is InChI=1S/C30H38N6O2.2C28H36N8O2/c37-25-6-11-30(9-2-1-3-10-30)27-24(25)18-21-19-32-29(34-28(21)27)33-26-5-4-23(20-31-26)35-12-7-22(8-13-35)36-14-16-38-17-15-36;37-23-6-11-28(9-2-1-3-10-28)36-25-22(31-26(23)36)19-30-27(33-25)32-24-5-4-21(18-29-24)34-12-7-20(8-13-34)35-14-16-38-17-15-35;37-22-6-11-28(9-2-1-3-10-28)24-25(22)33-36-19-30-27(32-26(24)36)31-23-5-4-21(18-29-23)34-12-7-20(8-13-34)35-14-16-38-17-15-35/h4-5,19-20,22H,1-3,6-18H2,(H,31,32,33,34);4-5,18-20H,1-3,6-17H2,(H,29,30,32,33);4-5,18-20H,1-3,6-17H2,(H,29,31,32). The van der Waals surface area contributed by atoms with Crippen molar-refractivity contribution in [2.75, 3.05) is 149 Å². The van der Waals surface area contributed by atoms with Crippen molar-refractivity contribution in [1.29, 1.82) is 0 Å². The van der Waals surface area contributed by atoms with Gasteiger partial charge in [-0.05, 0) is 144 Å². The van der Waals surface area contributed by atoms with Gasteiger partial charge in [-0.1, -0.05) is 57.8 Å². The van der Waals surface area contributed by atoms with Crippen LogP contribution in [0.15, 0.2) is 79.3 Å². The molecule has 0 amide bonds. The van der Waals surface area contributed by atoms with E-state index in [-0.39, 0.29) is 27.9 Å². The largest absolute Gasteiger partial charge is 0.379 e. The third-order valence-electron chi connectivity index (χ3n) is 28.0. The number of ketones is 3. The molecule has 9 fully saturated rings. The third-order valence-corrected chi connectivity index (χ3v) is 28.0. The van der Waals surface area contributed by atoms with Gasteiger partial charge in [0.2, 0.25) is 17.8 Å². The van der Waals surface area contributed by atoms with Gasteiger partial charge in [-0.15, -0.1) is 0 Å². The van der Waals surface area contributed by atoms with Crippen LogP contribution in [-0.4, -0.2) is 232 Å². The average Bonchev–Trinajstić information content (AvgIpc) is 1.57. The Morgan fingerprint density at radius 3 is 1.35 bits per heavy atom. The number of aromatic nitrogens is 13. The van der Waals surface area contributed by atoms with Crippen molar-refractivity contribution >= 4 is 92.1 Å². The van der Waals surface area contributed by atoms with Crippen LogP contribution in [0, 0.1) is 5.41 Å². The molecule has 3 spiro atoms. The number of anilines is 9. The van der Waals surface area contributed by atoms with Crippen LogP contribution >= 0.6 is 0 Å². The van der Waals surface area contributed by atoms with Crippen LogP contribution in [0.25, 0.3) is 22.4 Å². The molecule has 0 atom stereocenters. The molecular weight excluding hydrogens is 1440 g/mol. The highest BCUT2D eigenvalue weighted by Gasteiger charge is 2.48. The molecule has 6 aliphatic carbocycles. The Kier molecular flexibility index (Phi) is 21.7. The van der Waals surface area contributed by atoms with Gasteiger partial charge in [-0.3, -0.25) is 33.7 Å². The molecule has 8 aromatic heterocycles. The summed E-state index contributed by atoms with van der Waals surface area (Å²) < 4.78 is 20.4. The van der Waals surface area contributed by atoms with Crippen molar-refractivity contribution in [1.82, 2.24) is 78.7 Å². The fraction of sp³-hybridized carbons (Fsp3) is 0.605. The van der Waals surface area contributed by atoms with E-state index in [4.69, 9.17) is 34.1 Å². The lowest BCUT2D eigenvalue weighted by atomic mass is 9.62. The fourth-order valence-corrected chi connectivity index (χ4v) is 21.7. The topological polar surface area (TPSA) is 286 Å². The van der Waals surface area contributed by atoms with Crippen molar-refractivity contribution in [3.8, 4) is 0 Å². The monoisotopic (exact) mass is 1550 g/mol. The molecule has 21 rings (SSSR count). The molecule has 3 saturated carbocycles. The predicted molar refractivity (Wildman–Crippen MR) is 437 cm³/mol. The molecule has 13 aliphatic rings. The Bertz CT molecular complexity index is 4570. The molecule has 600 valence electrons. The number of nitrogens with zero attached hydrogens (tertiary/aromatic N) is 19. The zero-order valence-corrected chi connectivity index (χ0v) is 66.1. The van der Waals surface area contributed by atoms with Gasteiger partial charge in [-0.2, -0.15) is 15.1 Å². The Balaban J connectivity index is 0.000000115. The number of imidazole rings is 1. The maximum Gasteiger partial charge on any atom is 0.231 e. The number of Topliss-reactive ketones (excluding diaryl/α,β-unsaturated/α-hetero) is 3. The Morgan fingerprint density at radius 1 is 0.395 bits per heavy atom. The number of ether oxygens (including phenoxy) is 3. The highest BCUT2D eigenvalue weighted by Crippen LogP contribution is 2.57. The zero-order chi connectivity index (χ0) is 76.6. The molecule has 0 unspecified atom stereocenters. The molecule has 0 radical (unpaired) electrons. The summed E-state index contributed by atoms with van der Waals surface area (Å²) in [5, 5.41) is 14.5. The van der Waals surface area contributed by atoms with E-state index in [9.17, 15) is 14.4 Å². The van der Waals surface area contributed by atoms with Gasteiger partial charge < -0.3 is 44.9 Å². The first-order chi connectivity index (χ1) is 56.1. The van der Waals surface area contributed by atoms with E-state index in [2.05, 4.69) is 103 Å². The summed E-state index contributed by atoms with van der Waals surface area (Å²) >= 11 is 0. The summed E-state index contributed by atoms with van der Waals surface area (Å²) in [6, 6.07) is 14.4. The van der Waals surface area contributed by atoms with E-state index in [0.29, 0.717) is 96.1 Å². The number of hydrogen-bond acceptors (Lipinski definition) is 26. The number of rotatable bonds is 12. The molecule has 28 heteroatoms. The second-order valence-corrected chi connectivity index (χ2v) is 34.4. The van der Waals surface area contributed by atoms with E-state index in [1.807, 2.05) is 43.0 Å². The number of pyridine rings is 3. The van der Waals surface area contributed by atoms with Crippen molar-refractivity contribution in [3.05, 3.63) is 108 Å². The van der Waals surface area contributed by atoms with E-state index >= 15 is 0 Å². The minimum absolute atomic E-state index is 0.0178. The summed E-state index contributed by atoms with van der Waals surface area (Å²) in [7, 11) is 0. The molecule has 8 aromatic rings. The minimum atomic E-state index is -0.0447. The van der Waals surface area contributed by atoms with Gasteiger partial charge in [0.1, 0.15) is 35.0 Å².